The van der Waals surface area contributed by atoms with E-state index in [1.54, 1.807) is 0 Å². The van der Waals surface area contributed by atoms with Crippen LogP contribution in [-0.2, 0) is 12.0 Å². The maximum atomic E-state index is 13.8. The number of carbonyl (C=O) groups is 1. The minimum atomic E-state index is -3.09. The number of nitrogens with zero attached hydrogens (tertiary/aromatic N) is 4. The first-order valence-corrected chi connectivity index (χ1v) is 10.7. The summed E-state index contributed by atoms with van der Waals surface area (Å²) in [7, 11) is 0. The van der Waals surface area contributed by atoms with E-state index >= 15 is 0 Å². The molecular weight excluding hydrogens is 455 g/mol. The van der Waals surface area contributed by atoms with Gasteiger partial charge >= 0.3 is 0 Å². The van der Waals surface area contributed by atoms with E-state index < -0.39 is 41.2 Å². The molecule has 1 amide bonds. The summed E-state index contributed by atoms with van der Waals surface area (Å²) in [5.74, 6) is -2.24. The predicted octanol–water partition coefficient (Wildman–Crippen LogP) is 3.78. The van der Waals surface area contributed by atoms with Crippen LogP contribution >= 0.6 is 0 Å². The number of imidazole rings is 1. The average Bonchev–Trinajstić information content (AvgIpc) is 3.53. The molecule has 2 N–H and O–H groups in total. The van der Waals surface area contributed by atoms with Gasteiger partial charge in [0.05, 0.1) is 12.0 Å². The highest BCUT2D eigenvalue weighted by Gasteiger charge is 2.45. The zero-order valence-corrected chi connectivity index (χ0v) is 17.6. The number of aromatic amines is 1. The third kappa shape index (κ3) is 3.12. The van der Waals surface area contributed by atoms with E-state index in [9.17, 15) is 23.1 Å². The van der Waals surface area contributed by atoms with Crippen molar-refractivity contribution in [1.82, 2.24) is 24.8 Å². The molecule has 9 nitrogen and oxygen atoms in total. The van der Waals surface area contributed by atoms with Crippen LogP contribution in [0.1, 0.15) is 71.1 Å². The molecule has 4 aromatic rings. The Hall–Kier alpha value is -3.67. The van der Waals surface area contributed by atoms with Gasteiger partial charge in [-0.3, -0.25) is 4.79 Å². The van der Waals surface area contributed by atoms with E-state index in [1.807, 2.05) is 0 Å². The number of carbonyl (C=O) groups excluding carboxylic acids is 1. The molecule has 0 bridgehead atoms. The highest BCUT2D eigenvalue weighted by atomic mass is 19.3. The van der Waals surface area contributed by atoms with E-state index in [0.717, 1.165) is 5.69 Å². The maximum absolute atomic E-state index is 13.8. The van der Waals surface area contributed by atoms with Crippen LogP contribution in [0, 0.1) is 5.82 Å². The van der Waals surface area contributed by atoms with Gasteiger partial charge in [0, 0.05) is 24.7 Å². The number of benzene rings is 1. The van der Waals surface area contributed by atoms with Crippen LogP contribution in [0.5, 0.6) is 0 Å². The molecule has 12 heteroatoms. The van der Waals surface area contributed by atoms with Crippen molar-refractivity contribution in [2.75, 3.05) is 6.54 Å². The number of amides is 1. The Morgan fingerprint density at radius 1 is 1.26 bits per heavy atom. The topological polar surface area (TPSA) is 121 Å². The zero-order valence-electron chi connectivity index (χ0n) is 17.6. The number of aromatic nitrogens is 4. The van der Waals surface area contributed by atoms with E-state index in [-0.39, 0.29) is 23.8 Å². The normalized spacial score (nSPS) is 19.4. The molecular formula is C22H18F3N5O4. The monoisotopic (exact) mass is 473 g/mol. The summed E-state index contributed by atoms with van der Waals surface area (Å²) in [4.78, 5) is 30.2. The van der Waals surface area contributed by atoms with Gasteiger partial charge in [-0.15, -0.1) is 0 Å². The molecule has 3 aromatic heterocycles. The number of nitrogens with one attached hydrogen (secondary N) is 1. The van der Waals surface area contributed by atoms with Crippen LogP contribution in [-0.4, -0.2) is 42.4 Å². The predicted molar refractivity (Wildman–Crippen MR) is 108 cm³/mol. The Labute approximate surface area is 189 Å². The quantitative estimate of drug-likeness (QED) is 0.463. The fourth-order valence-corrected chi connectivity index (χ4v) is 4.47. The van der Waals surface area contributed by atoms with Crippen LogP contribution in [0.25, 0.3) is 11.1 Å². The minimum absolute atomic E-state index is 0.0537. The van der Waals surface area contributed by atoms with Crippen molar-refractivity contribution in [3.8, 4) is 0 Å². The van der Waals surface area contributed by atoms with Crippen LogP contribution in [0.3, 0.4) is 0 Å². The Kier molecular flexibility index (Phi) is 4.56. The number of hydrogen-bond acceptors (Lipinski definition) is 7. The zero-order chi connectivity index (χ0) is 23.6. The largest absolute Gasteiger partial charge is 0.438 e. The van der Waals surface area contributed by atoms with Gasteiger partial charge < -0.3 is 23.8 Å². The van der Waals surface area contributed by atoms with Gasteiger partial charge in [-0.1, -0.05) is 0 Å². The van der Waals surface area contributed by atoms with Crippen molar-refractivity contribution in [1.29, 1.82) is 0 Å². The number of oxazole rings is 2. The smallest absolute Gasteiger partial charge is 0.292 e. The maximum Gasteiger partial charge on any atom is 0.292 e. The summed E-state index contributed by atoms with van der Waals surface area (Å²) in [6, 6.07) is 2.86. The van der Waals surface area contributed by atoms with Crippen molar-refractivity contribution in [2.24, 2.45) is 0 Å². The Bertz CT molecular complexity index is 1410. The molecule has 4 heterocycles. The van der Waals surface area contributed by atoms with Gasteiger partial charge in [-0.25, -0.2) is 28.1 Å². The van der Waals surface area contributed by atoms with E-state index in [4.69, 9.17) is 8.83 Å². The highest BCUT2D eigenvalue weighted by Crippen LogP contribution is 2.43. The van der Waals surface area contributed by atoms with Crippen molar-refractivity contribution < 1.29 is 31.9 Å². The fraction of sp³-hybridized carbons (Fsp3) is 0.364. The van der Waals surface area contributed by atoms with Gasteiger partial charge in [0.2, 0.25) is 17.5 Å². The number of aliphatic hydroxyl groups is 1. The van der Waals surface area contributed by atoms with Crippen molar-refractivity contribution in [3.63, 3.8) is 0 Å². The SMILES string of the molecule is O=C(c1oc(C2(O)CCC2)nc1C(F)F)N1CCc2[nH]cnc2[C@H]1c1nc2cc(F)ccc2o1. The first-order chi connectivity index (χ1) is 16.3. The van der Waals surface area contributed by atoms with Gasteiger partial charge in [0.15, 0.2) is 17.3 Å². The third-order valence-corrected chi connectivity index (χ3v) is 6.42. The van der Waals surface area contributed by atoms with E-state index in [0.29, 0.717) is 37.0 Å². The van der Waals surface area contributed by atoms with Crippen LogP contribution < -0.4 is 0 Å². The second-order valence-corrected chi connectivity index (χ2v) is 8.50. The summed E-state index contributed by atoms with van der Waals surface area (Å²) in [5.41, 5.74) is -0.572. The van der Waals surface area contributed by atoms with Gasteiger partial charge in [0.25, 0.3) is 12.3 Å². The molecule has 0 saturated heterocycles. The number of H-pyrrole nitrogens is 1. The van der Waals surface area contributed by atoms with Crippen molar-refractivity contribution in [3.05, 3.63) is 65.0 Å². The number of alkyl halides is 2. The summed E-state index contributed by atoms with van der Waals surface area (Å²) in [6.45, 7) is 0.120. The number of hydrogen-bond donors (Lipinski definition) is 2. The van der Waals surface area contributed by atoms with Crippen LogP contribution in [0.2, 0.25) is 0 Å². The molecule has 1 fully saturated rings. The molecule has 1 aliphatic carbocycles. The van der Waals surface area contributed by atoms with Crippen molar-refractivity contribution in [2.45, 2.75) is 43.8 Å². The Morgan fingerprint density at radius 2 is 2.09 bits per heavy atom. The molecule has 34 heavy (non-hydrogen) atoms. The molecule has 0 radical (unpaired) electrons. The fourth-order valence-electron chi connectivity index (χ4n) is 4.47. The summed E-state index contributed by atoms with van der Waals surface area (Å²) in [6.07, 6.45) is 0.0640. The molecule has 1 atom stereocenters. The molecule has 1 saturated carbocycles. The lowest BCUT2D eigenvalue weighted by molar-refractivity contribution is -0.0616. The summed E-state index contributed by atoms with van der Waals surface area (Å²) < 4.78 is 52.6. The lowest BCUT2D eigenvalue weighted by atomic mass is 9.80. The van der Waals surface area contributed by atoms with Gasteiger partial charge in [-0.05, 0) is 31.4 Å². The van der Waals surface area contributed by atoms with Crippen molar-refractivity contribution >= 4 is 17.0 Å². The standard InChI is InChI=1S/C22H18F3N5O4/c23-10-2-3-13-12(8-10)28-19(33-13)16-14-11(26-9-27-14)4-7-30(16)20(31)17-15(18(24)25)29-21(34-17)22(32)5-1-6-22/h2-3,8-9,16,18,32H,1,4-7H2,(H,26,27)/t16-/m0/s1. The minimum Gasteiger partial charge on any atom is -0.438 e. The molecule has 2 aliphatic rings. The lowest BCUT2D eigenvalue weighted by Crippen LogP contribution is -2.41. The first kappa shape index (κ1) is 20.9. The van der Waals surface area contributed by atoms with E-state index in [1.165, 1.54) is 29.4 Å². The molecule has 1 aliphatic heterocycles. The molecule has 1 aromatic carbocycles. The van der Waals surface area contributed by atoms with Crippen LogP contribution in [0.4, 0.5) is 13.2 Å². The summed E-state index contributed by atoms with van der Waals surface area (Å²) in [5, 5.41) is 10.5. The molecule has 0 spiro atoms. The molecule has 0 unspecified atom stereocenters. The number of halogens is 3. The second-order valence-electron chi connectivity index (χ2n) is 8.50. The first-order valence-electron chi connectivity index (χ1n) is 10.7. The van der Waals surface area contributed by atoms with E-state index in [2.05, 4.69) is 19.9 Å². The number of fused-ring (bicyclic) bond motifs is 2. The molecule has 176 valence electrons. The summed E-state index contributed by atoms with van der Waals surface area (Å²) >= 11 is 0. The average molecular weight is 473 g/mol. The van der Waals surface area contributed by atoms with Gasteiger partial charge in [-0.2, -0.15) is 0 Å². The highest BCUT2D eigenvalue weighted by molar-refractivity contribution is 5.93. The Morgan fingerprint density at radius 3 is 2.82 bits per heavy atom. The third-order valence-electron chi connectivity index (χ3n) is 6.42. The number of rotatable bonds is 4. The molecule has 6 rings (SSSR count). The second kappa shape index (κ2) is 7.42. The lowest BCUT2D eigenvalue weighted by Gasteiger charge is -2.33. The van der Waals surface area contributed by atoms with Gasteiger partial charge in [0.1, 0.15) is 16.9 Å². The Balaban J connectivity index is 1.45. The van der Waals surface area contributed by atoms with Crippen LogP contribution in [0.15, 0.2) is 33.4 Å².